The van der Waals surface area contributed by atoms with Gasteiger partial charge in [0.05, 0.1) is 22.4 Å². The summed E-state index contributed by atoms with van der Waals surface area (Å²) in [5.74, 6) is 0. The Morgan fingerprint density at radius 2 is 0.711 bits per heavy atom. The van der Waals surface area contributed by atoms with Gasteiger partial charge in [-0.05, 0) is 147 Å². The molecule has 376 valence electrons. The summed E-state index contributed by atoms with van der Waals surface area (Å²) in [6, 6.07) is 78.4. The van der Waals surface area contributed by atoms with Crippen LogP contribution in [0.1, 0.15) is 105 Å². The first kappa shape index (κ1) is 49.0. The van der Waals surface area contributed by atoms with Crippen LogP contribution in [0, 0.1) is 0 Å². The number of rotatable bonds is 7. The molecule has 0 radical (unpaired) electrons. The van der Waals surface area contributed by atoms with Crippen LogP contribution >= 0.6 is 0 Å². The normalized spacial score (nSPS) is 12.7. The lowest BCUT2D eigenvalue weighted by molar-refractivity contribution is 0.568. The predicted molar refractivity (Wildman–Crippen MR) is 330 cm³/mol. The third kappa shape index (κ3) is 8.62. The van der Waals surface area contributed by atoms with E-state index >= 15 is 0 Å². The molecule has 76 heavy (non-hydrogen) atoms. The molecule has 2 heteroatoms. The molecule has 0 bridgehead atoms. The van der Waals surface area contributed by atoms with Crippen LogP contribution in [0.4, 0.5) is 17.1 Å². The van der Waals surface area contributed by atoms with Gasteiger partial charge >= 0.3 is 0 Å². The zero-order valence-electron chi connectivity index (χ0n) is 46.5. The number of para-hydroxylation sites is 2. The summed E-state index contributed by atoms with van der Waals surface area (Å²) in [5, 5.41) is 10.0. The third-order valence-electron chi connectivity index (χ3n) is 16.1. The maximum absolute atomic E-state index is 2.49. The van der Waals surface area contributed by atoms with Crippen molar-refractivity contribution in [1.82, 2.24) is 4.57 Å². The van der Waals surface area contributed by atoms with Crippen LogP contribution in [0.3, 0.4) is 0 Å². The Bertz CT molecular complexity index is 4060. The third-order valence-corrected chi connectivity index (χ3v) is 16.1. The summed E-state index contributed by atoms with van der Waals surface area (Å²) in [7, 11) is 0. The summed E-state index contributed by atoms with van der Waals surface area (Å²) in [5.41, 5.74) is 19.9. The highest BCUT2D eigenvalue weighted by molar-refractivity contribution is 6.27. The van der Waals surface area contributed by atoms with Crippen LogP contribution in [0.25, 0.3) is 93.2 Å². The zero-order chi connectivity index (χ0) is 53.1. The number of nitrogens with zero attached hydrogens (tertiary/aromatic N) is 2. The summed E-state index contributed by atoms with van der Waals surface area (Å²) in [6.45, 7) is 27.8. The molecule has 12 aromatic rings. The molecule has 0 N–H and O–H groups in total. The second kappa shape index (κ2) is 17.8. The lowest BCUT2D eigenvalue weighted by Gasteiger charge is -2.29. The van der Waals surface area contributed by atoms with Gasteiger partial charge in [-0.2, -0.15) is 0 Å². The molecule has 2 nitrogen and oxygen atoms in total. The van der Waals surface area contributed by atoms with Crippen molar-refractivity contribution in [3.8, 4) is 39.1 Å². The zero-order valence-corrected chi connectivity index (χ0v) is 46.5. The molecule has 0 amide bonds. The number of benzene rings is 11. The lowest BCUT2D eigenvalue weighted by atomic mass is 9.79. The largest absolute Gasteiger partial charge is 0.310 e. The van der Waals surface area contributed by atoms with Crippen LogP contribution in [0.2, 0.25) is 0 Å². The first-order valence-electron chi connectivity index (χ1n) is 27.3. The van der Waals surface area contributed by atoms with E-state index in [1.165, 1.54) is 115 Å². The van der Waals surface area contributed by atoms with Crippen molar-refractivity contribution >= 4 is 71.2 Å². The van der Waals surface area contributed by atoms with E-state index in [1.54, 1.807) is 0 Å². The molecular weight excluding hydrogens is 917 g/mol. The van der Waals surface area contributed by atoms with E-state index in [2.05, 4.69) is 299 Å². The summed E-state index contributed by atoms with van der Waals surface area (Å²) < 4.78 is 2.47. The maximum atomic E-state index is 2.49. The first-order valence-corrected chi connectivity index (χ1v) is 27.3. The summed E-state index contributed by atoms with van der Waals surface area (Å²) in [4.78, 5) is 2.49. The average molecular weight is 987 g/mol. The van der Waals surface area contributed by atoms with Crippen LogP contribution in [-0.4, -0.2) is 4.57 Å². The molecule has 11 aromatic carbocycles. The lowest BCUT2D eigenvalue weighted by Crippen LogP contribution is -2.16. The Morgan fingerprint density at radius 1 is 0.289 bits per heavy atom. The van der Waals surface area contributed by atoms with E-state index in [-0.39, 0.29) is 21.7 Å². The molecule has 0 atom stereocenters. The standard InChI is InChI=1S/C74H70N2/c1-71(2,3)55-40-53(41-56(45-55)72(4,5)6)48-26-24-47(25-27-48)52-18-17-19-60(44-52)75(59-34-28-49(29-35-59)54-42-57(73(7,8)9)46-58(43-54)74(10,11)12)67-38-32-50-31-37-64-68(39-33-51-30-36-63(67)69(50)70(51)64)76-65-22-15-13-20-61(65)62-21-14-16-23-66(62)76/h13-46H,1-12H3. The molecule has 0 unspecified atom stereocenters. The quantitative estimate of drug-likeness (QED) is 0.145. The molecule has 1 heterocycles. The van der Waals surface area contributed by atoms with Crippen molar-refractivity contribution in [3.05, 3.63) is 229 Å². The monoisotopic (exact) mass is 987 g/mol. The molecular formula is C74H70N2. The van der Waals surface area contributed by atoms with Gasteiger partial charge in [0.25, 0.3) is 0 Å². The van der Waals surface area contributed by atoms with Crippen LogP contribution in [0.15, 0.2) is 206 Å². The van der Waals surface area contributed by atoms with Gasteiger partial charge in [-0.1, -0.05) is 241 Å². The Labute approximate surface area is 450 Å². The van der Waals surface area contributed by atoms with Gasteiger partial charge in [0.15, 0.2) is 0 Å². The van der Waals surface area contributed by atoms with E-state index in [9.17, 15) is 0 Å². The molecule has 0 saturated heterocycles. The Hall–Kier alpha value is -7.94. The fourth-order valence-corrected chi connectivity index (χ4v) is 11.6. The minimum atomic E-state index is 0.0183. The average Bonchev–Trinajstić information content (AvgIpc) is 3.90. The number of hydrogen-bond donors (Lipinski definition) is 0. The van der Waals surface area contributed by atoms with Crippen molar-refractivity contribution in [2.75, 3.05) is 4.90 Å². The van der Waals surface area contributed by atoms with Gasteiger partial charge in [-0.15, -0.1) is 0 Å². The molecule has 0 aliphatic heterocycles. The van der Waals surface area contributed by atoms with E-state index in [1.807, 2.05) is 0 Å². The molecule has 0 fully saturated rings. The van der Waals surface area contributed by atoms with Gasteiger partial charge in [0, 0.05) is 32.9 Å². The van der Waals surface area contributed by atoms with E-state index in [0.717, 1.165) is 17.1 Å². The maximum Gasteiger partial charge on any atom is 0.0541 e. The van der Waals surface area contributed by atoms with Crippen molar-refractivity contribution < 1.29 is 0 Å². The van der Waals surface area contributed by atoms with Crippen molar-refractivity contribution in [3.63, 3.8) is 0 Å². The molecule has 0 spiro atoms. The smallest absolute Gasteiger partial charge is 0.0541 e. The van der Waals surface area contributed by atoms with E-state index < -0.39 is 0 Å². The van der Waals surface area contributed by atoms with Crippen molar-refractivity contribution in [2.24, 2.45) is 0 Å². The highest BCUT2D eigenvalue weighted by Gasteiger charge is 2.25. The highest BCUT2D eigenvalue weighted by Crippen LogP contribution is 2.47. The SMILES string of the molecule is CC(C)(C)c1cc(-c2ccc(-c3cccc(N(c4ccc(-c5cc(C(C)(C)C)cc(C(C)(C)C)c5)cc4)c4ccc5ccc6c(-n7c8ccccc8c8ccccc87)ccc7ccc4c5c76)c3)cc2)cc(C(C)(C)C)c1. The minimum absolute atomic E-state index is 0.0183. The Kier molecular flexibility index (Phi) is 11.5. The van der Waals surface area contributed by atoms with Gasteiger partial charge in [-0.25, -0.2) is 0 Å². The topological polar surface area (TPSA) is 8.17 Å². The molecule has 0 aliphatic carbocycles. The van der Waals surface area contributed by atoms with E-state index in [0.29, 0.717) is 0 Å². The second-order valence-corrected chi connectivity index (χ2v) is 25.6. The highest BCUT2D eigenvalue weighted by atomic mass is 15.1. The number of hydrogen-bond acceptors (Lipinski definition) is 1. The molecule has 0 aliphatic rings. The Balaban J connectivity index is 1.02. The van der Waals surface area contributed by atoms with Crippen LogP contribution in [-0.2, 0) is 21.7 Å². The minimum Gasteiger partial charge on any atom is -0.310 e. The number of aromatic nitrogens is 1. The molecule has 1 aromatic heterocycles. The van der Waals surface area contributed by atoms with E-state index in [4.69, 9.17) is 0 Å². The van der Waals surface area contributed by atoms with Crippen LogP contribution in [0.5, 0.6) is 0 Å². The Morgan fingerprint density at radius 3 is 1.21 bits per heavy atom. The number of anilines is 3. The molecule has 12 rings (SSSR count). The summed E-state index contributed by atoms with van der Waals surface area (Å²) >= 11 is 0. The van der Waals surface area contributed by atoms with Gasteiger partial charge in [0.2, 0.25) is 0 Å². The fraction of sp³-hybridized carbons (Fsp3) is 0.216. The van der Waals surface area contributed by atoms with Crippen molar-refractivity contribution in [1.29, 1.82) is 0 Å². The van der Waals surface area contributed by atoms with Crippen molar-refractivity contribution in [2.45, 2.75) is 105 Å². The van der Waals surface area contributed by atoms with Crippen LogP contribution < -0.4 is 4.90 Å². The van der Waals surface area contributed by atoms with Gasteiger partial charge in [-0.3, -0.25) is 0 Å². The van der Waals surface area contributed by atoms with Gasteiger partial charge < -0.3 is 9.47 Å². The predicted octanol–water partition coefficient (Wildman–Crippen LogP) is 21.3. The molecule has 0 saturated carbocycles. The summed E-state index contributed by atoms with van der Waals surface area (Å²) in [6.07, 6.45) is 0. The number of fused-ring (bicyclic) bond motifs is 3. The second-order valence-electron chi connectivity index (χ2n) is 25.6. The fourth-order valence-electron chi connectivity index (χ4n) is 11.6. The van der Waals surface area contributed by atoms with Gasteiger partial charge in [0.1, 0.15) is 0 Å². The first-order chi connectivity index (χ1) is 36.2.